The first-order valence-corrected chi connectivity index (χ1v) is 12.1. The first-order chi connectivity index (χ1) is 16.9. The lowest BCUT2D eigenvalue weighted by atomic mass is 9.80. The van der Waals surface area contributed by atoms with Crippen LogP contribution in [0.1, 0.15) is 29.8 Å². The second-order valence-electron chi connectivity index (χ2n) is 8.77. The van der Waals surface area contributed by atoms with Crippen LogP contribution in [0.2, 0.25) is 0 Å². The molecule has 1 aliphatic heterocycles. The molecule has 2 amide bonds. The quantitative estimate of drug-likeness (QED) is 0.534. The number of hydrogen-bond acceptors (Lipinski definition) is 7. The number of benzene rings is 1. The Kier molecular flexibility index (Phi) is 7.11. The normalized spacial score (nSPS) is 14.7. The second kappa shape index (κ2) is 10.2. The largest absolute Gasteiger partial charge is 0.383 e. The third-order valence-electron chi connectivity index (χ3n) is 6.12. The van der Waals surface area contributed by atoms with E-state index in [-0.39, 0.29) is 6.03 Å². The molecule has 1 aromatic carbocycles. The summed E-state index contributed by atoms with van der Waals surface area (Å²) >= 11 is 1.39. The molecule has 0 unspecified atom stereocenters. The van der Waals surface area contributed by atoms with Gasteiger partial charge in [-0.1, -0.05) is 23.5 Å². The third kappa shape index (κ3) is 5.32. The van der Waals surface area contributed by atoms with E-state index in [9.17, 15) is 15.3 Å². The van der Waals surface area contributed by atoms with Crippen molar-refractivity contribution in [3.63, 3.8) is 0 Å². The Morgan fingerprint density at radius 3 is 2.49 bits per heavy atom. The Labute approximate surface area is 208 Å². The Morgan fingerprint density at radius 2 is 1.86 bits per heavy atom. The van der Waals surface area contributed by atoms with Gasteiger partial charge in [0.1, 0.15) is 0 Å². The van der Waals surface area contributed by atoms with Gasteiger partial charge in [0.05, 0.1) is 40.3 Å². The van der Waals surface area contributed by atoms with E-state index < -0.39 is 5.41 Å². The Hall–Kier alpha value is -3.79. The molecule has 0 bridgehead atoms. The number of aryl methyl sites for hydroxylation is 2. The SMILES string of the molecule is COCC1(C#N)CCN(C(=O)Nc2nc(-c3cccc(C#N)c3)c(-c3cc(C)nc(C)c3)s2)CC1. The molecule has 0 saturated carbocycles. The molecule has 0 aliphatic carbocycles. The molecule has 1 saturated heterocycles. The average molecular weight is 487 g/mol. The third-order valence-corrected chi connectivity index (χ3v) is 7.14. The number of nitriles is 2. The zero-order valence-corrected chi connectivity index (χ0v) is 20.8. The van der Waals surface area contributed by atoms with Crippen molar-refractivity contribution in [2.24, 2.45) is 5.41 Å². The van der Waals surface area contributed by atoms with E-state index in [1.165, 1.54) is 11.3 Å². The van der Waals surface area contributed by atoms with Crippen LogP contribution in [-0.4, -0.2) is 47.7 Å². The predicted octanol–water partition coefficient (Wildman–Crippen LogP) is 5.14. The van der Waals surface area contributed by atoms with Crippen molar-refractivity contribution in [2.45, 2.75) is 26.7 Å². The molecule has 0 radical (unpaired) electrons. The highest BCUT2D eigenvalue weighted by molar-refractivity contribution is 7.19. The number of hydrogen-bond donors (Lipinski definition) is 1. The van der Waals surface area contributed by atoms with E-state index in [1.54, 1.807) is 24.1 Å². The number of carbonyl (C=O) groups excluding carboxylic acids is 1. The molecule has 1 N–H and O–H groups in total. The molecule has 35 heavy (non-hydrogen) atoms. The summed E-state index contributed by atoms with van der Waals surface area (Å²) in [6, 6.07) is 15.6. The van der Waals surface area contributed by atoms with Gasteiger partial charge in [-0.15, -0.1) is 0 Å². The van der Waals surface area contributed by atoms with Crippen LogP contribution in [0.15, 0.2) is 36.4 Å². The van der Waals surface area contributed by atoms with Crippen molar-refractivity contribution >= 4 is 22.5 Å². The van der Waals surface area contributed by atoms with Crippen LogP contribution in [0.5, 0.6) is 0 Å². The molecule has 1 aliphatic rings. The molecular weight excluding hydrogens is 460 g/mol. The lowest BCUT2D eigenvalue weighted by molar-refractivity contribution is 0.0696. The first-order valence-electron chi connectivity index (χ1n) is 11.3. The molecule has 3 heterocycles. The number of nitrogens with zero attached hydrogens (tertiary/aromatic N) is 5. The highest BCUT2D eigenvalue weighted by Gasteiger charge is 2.36. The Morgan fingerprint density at radius 1 is 1.14 bits per heavy atom. The lowest BCUT2D eigenvalue weighted by Gasteiger charge is -2.36. The minimum absolute atomic E-state index is 0.242. The number of methoxy groups -OCH3 is 1. The summed E-state index contributed by atoms with van der Waals surface area (Å²) in [6.45, 7) is 5.20. The Bertz CT molecular complexity index is 1310. The Balaban J connectivity index is 1.63. The number of nitrogens with one attached hydrogen (secondary N) is 1. The van der Waals surface area contributed by atoms with Crippen LogP contribution in [0.4, 0.5) is 9.93 Å². The van der Waals surface area contributed by atoms with Gasteiger partial charge in [-0.25, -0.2) is 9.78 Å². The predicted molar refractivity (Wildman–Crippen MR) is 135 cm³/mol. The minimum Gasteiger partial charge on any atom is -0.383 e. The number of ether oxygens (including phenoxy) is 1. The summed E-state index contributed by atoms with van der Waals surface area (Å²) in [4.78, 5) is 24.9. The number of aromatic nitrogens is 2. The van der Waals surface area contributed by atoms with Gasteiger partial charge >= 0.3 is 6.03 Å². The zero-order valence-electron chi connectivity index (χ0n) is 20.0. The van der Waals surface area contributed by atoms with E-state index in [0.29, 0.717) is 48.9 Å². The minimum atomic E-state index is -0.546. The highest BCUT2D eigenvalue weighted by atomic mass is 32.1. The van der Waals surface area contributed by atoms with Gasteiger partial charge < -0.3 is 9.64 Å². The number of rotatable bonds is 5. The van der Waals surface area contributed by atoms with Gasteiger partial charge in [0.25, 0.3) is 0 Å². The topological polar surface area (TPSA) is 115 Å². The number of anilines is 1. The molecule has 1 fully saturated rings. The van der Waals surface area contributed by atoms with Gasteiger partial charge in [0.15, 0.2) is 5.13 Å². The molecule has 3 aromatic rings. The van der Waals surface area contributed by atoms with Gasteiger partial charge in [-0.05, 0) is 56.5 Å². The fraction of sp³-hybridized carbons (Fsp3) is 0.346. The molecular formula is C26H26N6O2S. The van der Waals surface area contributed by atoms with Crippen molar-refractivity contribution in [3.05, 3.63) is 53.3 Å². The maximum atomic E-state index is 13.0. The molecule has 4 rings (SSSR count). The number of likely N-dealkylation sites (tertiary alicyclic amines) is 1. The molecule has 9 heteroatoms. The maximum absolute atomic E-state index is 13.0. The van der Waals surface area contributed by atoms with Gasteiger partial charge in [0, 0.05) is 37.2 Å². The summed E-state index contributed by atoms with van der Waals surface area (Å²) in [5, 5.41) is 22.4. The zero-order chi connectivity index (χ0) is 25.0. The summed E-state index contributed by atoms with van der Waals surface area (Å²) in [5.41, 5.74) is 4.24. The van der Waals surface area contributed by atoms with Crippen LogP contribution >= 0.6 is 11.3 Å². The number of piperidine rings is 1. The van der Waals surface area contributed by atoms with Crippen LogP contribution in [0.25, 0.3) is 21.7 Å². The highest BCUT2D eigenvalue weighted by Crippen LogP contribution is 2.40. The number of carbonyl (C=O) groups is 1. The standard InChI is InChI=1S/C26H26N6O2S/c1-17-11-21(12-18(2)29-17)23-22(20-6-4-5-19(13-20)14-27)30-24(35-23)31-25(33)32-9-7-26(15-28,8-10-32)16-34-3/h4-6,11-13H,7-10,16H2,1-3H3,(H,30,31,33). The summed E-state index contributed by atoms with van der Waals surface area (Å²) in [7, 11) is 1.59. The fourth-order valence-corrected chi connectivity index (χ4v) is 5.30. The van der Waals surface area contributed by atoms with Crippen molar-refractivity contribution in [1.29, 1.82) is 10.5 Å². The van der Waals surface area contributed by atoms with Gasteiger partial charge in [-0.3, -0.25) is 10.3 Å². The number of urea groups is 1. The first kappa shape index (κ1) is 24.3. The second-order valence-corrected chi connectivity index (χ2v) is 9.77. The van der Waals surface area contributed by atoms with Crippen LogP contribution in [0.3, 0.4) is 0 Å². The number of thiazole rings is 1. The summed E-state index contributed by atoms with van der Waals surface area (Å²) in [5.74, 6) is 0. The van der Waals surface area contributed by atoms with E-state index in [0.717, 1.165) is 27.4 Å². The number of amides is 2. The van der Waals surface area contributed by atoms with Crippen LogP contribution in [-0.2, 0) is 4.74 Å². The monoisotopic (exact) mass is 486 g/mol. The van der Waals surface area contributed by atoms with E-state index in [2.05, 4.69) is 22.4 Å². The van der Waals surface area contributed by atoms with Crippen molar-refractivity contribution in [2.75, 3.05) is 32.1 Å². The van der Waals surface area contributed by atoms with Crippen LogP contribution < -0.4 is 5.32 Å². The van der Waals surface area contributed by atoms with Crippen molar-refractivity contribution in [1.82, 2.24) is 14.9 Å². The van der Waals surface area contributed by atoms with Gasteiger partial charge in [-0.2, -0.15) is 10.5 Å². The van der Waals surface area contributed by atoms with Crippen molar-refractivity contribution < 1.29 is 9.53 Å². The van der Waals surface area contributed by atoms with E-state index in [1.807, 2.05) is 38.1 Å². The van der Waals surface area contributed by atoms with E-state index in [4.69, 9.17) is 9.72 Å². The number of pyridine rings is 1. The lowest BCUT2D eigenvalue weighted by Crippen LogP contribution is -2.45. The molecule has 178 valence electrons. The molecule has 8 nitrogen and oxygen atoms in total. The van der Waals surface area contributed by atoms with Crippen molar-refractivity contribution in [3.8, 4) is 33.8 Å². The van der Waals surface area contributed by atoms with Crippen LogP contribution in [0, 0.1) is 41.9 Å². The maximum Gasteiger partial charge on any atom is 0.323 e. The molecule has 0 atom stereocenters. The average Bonchev–Trinajstić information content (AvgIpc) is 3.28. The molecule has 0 spiro atoms. The molecule has 2 aromatic heterocycles. The fourth-order valence-electron chi connectivity index (χ4n) is 4.34. The van der Waals surface area contributed by atoms with Gasteiger partial charge in [0.2, 0.25) is 0 Å². The summed E-state index contributed by atoms with van der Waals surface area (Å²) < 4.78 is 5.23. The summed E-state index contributed by atoms with van der Waals surface area (Å²) in [6.07, 6.45) is 1.13. The van der Waals surface area contributed by atoms with E-state index >= 15 is 0 Å². The smallest absolute Gasteiger partial charge is 0.323 e.